The van der Waals surface area contributed by atoms with Crippen LogP contribution in [-0.4, -0.2) is 20.3 Å². The summed E-state index contributed by atoms with van der Waals surface area (Å²) in [5.41, 5.74) is -1.02. The topological polar surface area (TPSA) is 90.9 Å². The number of phenols is 1. The van der Waals surface area contributed by atoms with Crippen LogP contribution in [0.25, 0.3) is 11.0 Å². The van der Waals surface area contributed by atoms with E-state index in [1.165, 1.54) is 18.2 Å². The number of hydrogen-bond donors (Lipinski definition) is 3. The first-order valence-electron chi connectivity index (χ1n) is 4.15. The second-order valence-corrected chi connectivity index (χ2v) is 2.77. The molecule has 0 amide bonds. The van der Waals surface area contributed by atoms with Gasteiger partial charge < -0.3 is 19.7 Å². The van der Waals surface area contributed by atoms with Crippen LogP contribution in [0.4, 0.5) is 0 Å². The molecule has 6 heteroatoms. The van der Waals surface area contributed by atoms with Crippen molar-refractivity contribution in [3.8, 4) is 17.2 Å². The van der Waals surface area contributed by atoms with Crippen molar-refractivity contribution in [1.29, 1.82) is 0 Å². The van der Waals surface area contributed by atoms with Gasteiger partial charge in [-0.1, -0.05) is 22.6 Å². The first kappa shape index (κ1) is 12.6. The van der Waals surface area contributed by atoms with Crippen LogP contribution >= 0.6 is 22.6 Å². The Morgan fingerprint density at radius 2 is 1.75 bits per heavy atom. The van der Waals surface area contributed by atoms with E-state index in [2.05, 4.69) is 27.0 Å². The maximum atomic E-state index is 10.9. The zero-order valence-corrected chi connectivity index (χ0v) is 10.4. The highest BCUT2D eigenvalue weighted by Crippen LogP contribution is 2.31. The van der Waals surface area contributed by atoms with Crippen molar-refractivity contribution in [3.05, 3.63) is 28.6 Å². The van der Waals surface area contributed by atoms with Gasteiger partial charge in [-0.3, -0.25) is 0 Å². The average molecular weight is 336 g/mol. The molecule has 0 aliphatic rings. The number of rotatable bonds is 0. The number of phenolic OH excluding ortho intramolecular Hbond substituents is 1. The van der Waals surface area contributed by atoms with Crippen molar-refractivity contribution in [2.45, 2.75) is 0 Å². The second kappa shape index (κ2) is 5.06. The summed E-state index contributed by atoms with van der Waals surface area (Å²) in [5.74, 6) is -1.47. The Morgan fingerprint density at radius 3 is 2.38 bits per heavy atom. The molecule has 0 saturated heterocycles. The molecule has 1 aromatic carbocycles. The Hall–Kier alpha value is -1.44. The fraction of sp³-hybridized carbons (Fsp3) is 0.100. The van der Waals surface area contributed by atoms with Crippen LogP contribution in [0.1, 0.15) is 0 Å². The van der Waals surface area contributed by atoms with Crippen molar-refractivity contribution in [1.82, 2.24) is 0 Å². The maximum absolute atomic E-state index is 10.9. The van der Waals surface area contributed by atoms with Gasteiger partial charge in [0.05, 0.1) is 5.39 Å². The molecule has 0 aliphatic heterocycles. The third kappa shape index (κ3) is 2.21. The molecule has 0 bridgehead atoms. The SMILES string of the molecule is CI.O=c1oc2cc(O)ccc2c(O)c1O. The van der Waals surface area contributed by atoms with Crippen molar-refractivity contribution >= 4 is 33.6 Å². The molecule has 2 rings (SSSR count). The average Bonchev–Trinajstić information content (AvgIpc) is 2.28. The standard InChI is InChI=1S/C9H6O5.CH3I/c10-4-1-2-5-6(3-4)14-9(13)8(12)7(5)11;1-2/h1-3,10-12H;1H3. The minimum Gasteiger partial charge on any atom is -0.508 e. The normalized spacial score (nSPS) is 9.62. The molecule has 0 radical (unpaired) electrons. The molecule has 3 N–H and O–H groups in total. The van der Waals surface area contributed by atoms with E-state index in [1.54, 1.807) is 0 Å². The van der Waals surface area contributed by atoms with Crippen LogP contribution < -0.4 is 5.63 Å². The molecule has 0 fully saturated rings. The van der Waals surface area contributed by atoms with Crippen molar-refractivity contribution < 1.29 is 19.7 Å². The molecule has 16 heavy (non-hydrogen) atoms. The number of halogens is 1. The number of alkyl halides is 1. The van der Waals surface area contributed by atoms with E-state index in [1.807, 2.05) is 4.93 Å². The fourth-order valence-electron chi connectivity index (χ4n) is 1.16. The van der Waals surface area contributed by atoms with Gasteiger partial charge in [0.2, 0.25) is 5.75 Å². The van der Waals surface area contributed by atoms with Crippen LogP contribution in [0.5, 0.6) is 17.2 Å². The highest BCUT2D eigenvalue weighted by atomic mass is 127. The summed E-state index contributed by atoms with van der Waals surface area (Å²) in [7, 11) is 0. The van der Waals surface area contributed by atoms with Gasteiger partial charge in [0, 0.05) is 6.07 Å². The predicted octanol–water partition coefficient (Wildman–Crippen LogP) is 1.96. The van der Waals surface area contributed by atoms with Crippen LogP contribution in [-0.2, 0) is 0 Å². The minimum absolute atomic E-state index is 0.0188. The molecule has 0 atom stereocenters. The molecule has 0 saturated carbocycles. The lowest BCUT2D eigenvalue weighted by atomic mass is 10.2. The monoisotopic (exact) mass is 336 g/mol. The molecule has 0 unspecified atom stereocenters. The maximum Gasteiger partial charge on any atom is 0.382 e. The van der Waals surface area contributed by atoms with E-state index in [0.29, 0.717) is 0 Å². The molecule has 2 aromatic rings. The lowest BCUT2D eigenvalue weighted by Crippen LogP contribution is -1.97. The van der Waals surface area contributed by atoms with Crippen molar-refractivity contribution in [3.63, 3.8) is 0 Å². The minimum atomic E-state index is -1.04. The van der Waals surface area contributed by atoms with Crippen LogP contribution in [0.15, 0.2) is 27.4 Å². The number of benzene rings is 1. The first-order chi connectivity index (χ1) is 7.59. The molecule has 0 spiro atoms. The van der Waals surface area contributed by atoms with Crippen LogP contribution in [0, 0.1) is 0 Å². The summed E-state index contributed by atoms with van der Waals surface area (Å²) in [4.78, 5) is 12.9. The summed E-state index contributed by atoms with van der Waals surface area (Å²) in [6.07, 6.45) is 0. The van der Waals surface area contributed by atoms with E-state index >= 15 is 0 Å². The highest BCUT2D eigenvalue weighted by molar-refractivity contribution is 14.1. The Balaban J connectivity index is 0.000000606. The zero-order chi connectivity index (χ0) is 12.3. The second-order valence-electron chi connectivity index (χ2n) is 2.77. The quantitative estimate of drug-likeness (QED) is 0.389. The van der Waals surface area contributed by atoms with E-state index in [0.717, 1.165) is 0 Å². The summed E-state index contributed by atoms with van der Waals surface area (Å²) in [6.45, 7) is 0. The van der Waals surface area contributed by atoms with Gasteiger partial charge in [0.25, 0.3) is 0 Å². The lowest BCUT2D eigenvalue weighted by Gasteiger charge is -2.01. The third-order valence-electron chi connectivity index (χ3n) is 1.84. The predicted molar refractivity (Wildman–Crippen MR) is 67.4 cm³/mol. The van der Waals surface area contributed by atoms with Crippen molar-refractivity contribution in [2.24, 2.45) is 0 Å². The first-order valence-corrected chi connectivity index (χ1v) is 6.31. The van der Waals surface area contributed by atoms with Crippen molar-refractivity contribution in [2.75, 3.05) is 4.93 Å². The number of hydrogen-bond acceptors (Lipinski definition) is 5. The summed E-state index contributed by atoms with van der Waals surface area (Å²) < 4.78 is 4.63. The van der Waals surface area contributed by atoms with Gasteiger partial charge in [0.15, 0.2) is 5.75 Å². The molecule has 86 valence electrons. The Bertz CT molecular complexity index is 561. The van der Waals surface area contributed by atoms with Gasteiger partial charge >= 0.3 is 5.63 Å². The Labute approximate surface area is 104 Å². The number of fused-ring (bicyclic) bond motifs is 1. The molecular weight excluding hydrogens is 327 g/mol. The zero-order valence-electron chi connectivity index (χ0n) is 8.27. The van der Waals surface area contributed by atoms with Gasteiger partial charge in [-0.25, -0.2) is 4.79 Å². The molecule has 0 aliphatic carbocycles. The Kier molecular flexibility index (Phi) is 3.99. The summed E-state index contributed by atoms with van der Waals surface area (Å²) in [5, 5.41) is 27.6. The fourth-order valence-corrected chi connectivity index (χ4v) is 1.16. The highest BCUT2D eigenvalue weighted by Gasteiger charge is 2.12. The molecule has 1 heterocycles. The van der Waals surface area contributed by atoms with E-state index in [-0.39, 0.29) is 16.7 Å². The number of aromatic hydroxyl groups is 3. The van der Waals surface area contributed by atoms with E-state index in [4.69, 9.17) is 10.2 Å². The lowest BCUT2D eigenvalue weighted by molar-refractivity contribution is 0.378. The van der Waals surface area contributed by atoms with Gasteiger partial charge in [0.1, 0.15) is 11.3 Å². The van der Waals surface area contributed by atoms with E-state index < -0.39 is 17.1 Å². The molecule has 5 nitrogen and oxygen atoms in total. The molecule has 1 aromatic heterocycles. The van der Waals surface area contributed by atoms with E-state index in [9.17, 15) is 9.90 Å². The third-order valence-corrected chi connectivity index (χ3v) is 1.84. The van der Waals surface area contributed by atoms with Crippen LogP contribution in [0.2, 0.25) is 0 Å². The van der Waals surface area contributed by atoms with Gasteiger partial charge in [-0.15, -0.1) is 0 Å². The summed E-state index contributed by atoms with van der Waals surface area (Å²) in [6, 6.07) is 3.82. The molecular formula is C10H9IO5. The summed E-state index contributed by atoms with van der Waals surface area (Å²) >= 11 is 2.15. The van der Waals surface area contributed by atoms with Gasteiger partial charge in [-0.2, -0.15) is 0 Å². The smallest absolute Gasteiger partial charge is 0.382 e. The van der Waals surface area contributed by atoms with Gasteiger partial charge in [-0.05, 0) is 17.1 Å². The van der Waals surface area contributed by atoms with Crippen LogP contribution in [0.3, 0.4) is 0 Å². The Morgan fingerprint density at radius 1 is 1.12 bits per heavy atom. The largest absolute Gasteiger partial charge is 0.508 e.